The molecule has 1 aromatic rings. The minimum Gasteiger partial charge on any atom is -0.351 e. The van der Waals surface area contributed by atoms with Crippen LogP contribution in [-0.4, -0.2) is 36.1 Å². The normalized spacial score (nSPS) is 13.4. The molecule has 19 heavy (non-hydrogen) atoms. The molecule has 0 bridgehead atoms. The molecule has 1 rings (SSSR count). The molecule has 3 heteroatoms. The van der Waals surface area contributed by atoms with Gasteiger partial charge in [-0.3, -0.25) is 0 Å². The standard InChI is InChI=1S/C16H31N3/c1-6-14(7-2)16(18(4)5)13-17-12-15-10-9-11-19(15)8-3/h9-11,14,16-17H,6-8,12-13H2,1-5H3. The second kappa shape index (κ2) is 8.39. The molecule has 0 amide bonds. The van der Waals surface area contributed by atoms with Gasteiger partial charge in [0.15, 0.2) is 0 Å². The van der Waals surface area contributed by atoms with Gasteiger partial charge in [0.25, 0.3) is 0 Å². The van der Waals surface area contributed by atoms with Crippen LogP contribution < -0.4 is 5.32 Å². The van der Waals surface area contributed by atoms with E-state index in [1.54, 1.807) is 0 Å². The summed E-state index contributed by atoms with van der Waals surface area (Å²) < 4.78 is 2.30. The third kappa shape index (κ3) is 4.66. The lowest BCUT2D eigenvalue weighted by molar-refractivity contribution is 0.193. The molecule has 0 spiro atoms. The fraction of sp³-hybridized carbons (Fsp3) is 0.750. The minimum absolute atomic E-state index is 0.625. The maximum atomic E-state index is 3.63. The third-order valence-corrected chi connectivity index (χ3v) is 4.18. The third-order valence-electron chi connectivity index (χ3n) is 4.18. The van der Waals surface area contributed by atoms with Crippen LogP contribution in [0.1, 0.15) is 39.3 Å². The molecule has 1 unspecified atom stereocenters. The van der Waals surface area contributed by atoms with E-state index in [0.29, 0.717) is 6.04 Å². The first kappa shape index (κ1) is 16.3. The average molecular weight is 265 g/mol. The van der Waals surface area contributed by atoms with Crippen molar-refractivity contribution in [2.75, 3.05) is 20.6 Å². The molecule has 0 aliphatic rings. The molecule has 110 valence electrons. The molecule has 1 aromatic heterocycles. The van der Waals surface area contributed by atoms with E-state index in [1.165, 1.54) is 18.5 Å². The highest BCUT2D eigenvalue weighted by Crippen LogP contribution is 2.16. The monoisotopic (exact) mass is 265 g/mol. The molecule has 0 radical (unpaired) electrons. The number of hydrogen-bond donors (Lipinski definition) is 1. The first-order valence-corrected chi connectivity index (χ1v) is 7.65. The van der Waals surface area contributed by atoms with Crippen molar-refractivity contribution in [2.45, 2.75) is 52.7 Å². The quantitative estimate of drug-likeness (QED) is 0.741. The van der Waals surface area contributed by atoms with Gasteiger partial charge in [-0.1, -0.05) is 26.7 Å². The van der Waals surface area contributed by atoms with Crippen molar-refractivity contribution in [3.63, 3.8) is 0 Å². The van der Waals surface area contributed by atoms with E-state index in [0.717, 1.165) is 25.6 Å². The van der Waals surface area contributed by atoms with E-state index in [9.17, 15) is 0 Å². The van der Waals surface area contributed by atoms with E-state index >= 15 is 0 Å². The molecule has 0 saturated heterocycles. The van der Waals surface area contributed by atoms with E-state index in [-0.39, 0.29) is 0 Å². The summed E-state index contributed by atoms with van der Waals surface area (Å²) in [6.07, 6.45) is 4.67. The van der Waals surface area contributed by atoms with Gasteiger partial charge < -0.3 is 14.8 Å². The lowest BCUT2D eigenvalue weighted by Crippen LogP contribution is -2.43. The number of rotatable bonds is 9. The molecule has 0 fully saturated rings. The zero-order valence-electron chi connectivity index (χ0n) is 13.3. The number of nitrogens with zero attached hydrogens (tertiary/aromatic N) is 2. The van der Waals surface area contributed by atoms with E-state index < -0.39 is 0 Å². The topological polar surface area (TPSA) is 20.2 Å². The average Bonchev–Trinajstić information content (AvgIpc) is 2.85. The maximum Gasteiger partial charge on any atom is 0.0359 e. The molecule has 1 heterocycles. The van der Waals surface area contributed by atoms with Crippen LogP contribution in [0.15, 0.2) is 18.3 Å². The van der Waals surface area contributed by atoms with Gasteiger partial charge in [0.2, 0.25) is 0 Å². The molecule has 0 aliphatic carbocycles. The minimum atomic E-state index is 0.625. The molecule has 0 aliphatic heterocycles. The molecular weight excluding hydrogens is 234 g/mol. The first-order chi connectivity index (χ1) is 9.13. The fourth-order valence-electron chi connectivity index (χ4n) is 2.87. The fourth-order valence-corrected chi connectivity index (χ4v) is 2.87. The number of hydrogen-bond acceptors (Lipinski definition) is 2. The second-order valence-electron chi connectivity index (χ2n) is 5.52. The van der Waals surface area contributed by atoms with Crippen LogP contribution in [0.5, 0.6) is 0 Å². The van der Waals surface area contributed by atoms with Crippen molar-refractivity contribution < 1.29 is 0 Å². The molecule has 1 N–H and O–H groups in total. The lowest BCUT2D eigenvalue weighted by Gasteiger charge is -2.31. The number of aryl methyl sites for hydroxylation is 1. The Kier molecular flexibility index (Phi) is 7.17. The Labute approximate surface area is 119 Å². The van der Waals surface area contributed by atoms with Crippen molar-refractivity contribution in [3.05, 3.63) is 24.0 Å². The summed E-state index contributed by atoms with van der Waals surface area (Å²) >= 11 is 0. The Bertz CT molecular complexity index is 340. The second-order valence-corrected chi connectivity index (χ2v) is 5.52. The molecular formula is C16H31N3. The zero-order chi connectivity index (χ0) is 14.3. The highest BCUT2D eigenvalue weighted by Gasteiger charge is 2.20. The van der Waals surface area contributed by atoms with Crippen LogP contribution in [0, 0.1) is 5.92 Å². The van der Waals surface area contributed by atoms with E-state index in [4.69, 9.17) is 0 Å². The Balaban J connectivity index is 2.48. The number of aromatic nitrogens is 1. The summed E-state index contributed by atoms with van der Waals surface area (Å²) in [5.74, 6) is 0.778. The predicted octanol–water partition coefficient (Wildman–Crippen LogP) is 2.96. The highest BCUT2D eigenvalue weighted by atomic mass is 15.1. The number of likely N-dealkylation sites (N-methyl/N-ethyl adjacent to an activating group) is 1. The molecule has 0 aromatic carbocycles. The summed E-state index contributed by atoms with van der Waals surface area (Å²) in [5, 5.41) is 3.63. The summed E-state index contributed by atoms with van der Waals surface area (Å²) in [7, 11) is 4.39. The van der Waals surface area contributed by atoms with Gasteiger partial charge in [0, 0.05) is 37.6 Å². The van der Waals surface area contributed by atoms with Crippen LogP contribution in [0.2, 0.25) is 0 Å². The summed E-state index contributed by atoms with van der Waals surface area (Å²) in [4.78, 5) is 2.36. The van der Waals surface area contributed by atoms with Gasteiger partial charge in [-0.25, -0.2) is 0 Å². The summed E-state index contributed by atoms with van der Waals surface area (Å²) in [6, 6.07) is 4.96. The lowest BCUT2D eigenvalue weighted by atomic mass is 9.93. The Morgan fingerprint density at radius 2 is 1.89 bits per heavy atom. The Morgan fingerprint density at radius 3 is 2.42 bits per heavy atom. The van der Waals surface area contributed by atoms with Crippen molar-refractivity contribution >= 4 is 0 Å². The van der Waals surface area contributed by atoms with Gasteiger partial charge in [-0.15, -0.1) is 0 Å². The van der Waals surface area contributed by atoms with Gasteiger partial charge in [-0.05, 0) is 39.1 Å². The van der Waals surface area contributed by atoms with Gasteiger partial charge in [-0.2, -0.15) is 0 Å². The van der Waals surface area contributed by atoms with Gasteiger partial charge in [0.05, 0.1) is 0 Å². The van der Waals surface area contributed by atoms with E-state index in [1.807, 2.05) is 0 Å². The molecule has 1 atom stereocenters. The van der Waals surface area contributed by atoms with Gasteiger partial charge in [0.1, 0.15) is 0 Å². The Hall–Kier alpha value is -0.800. The zero-order valence-corrected chi connectivity index (χ0v) is 13.3. The van der Waals surface area contributed by atoms with Crippen LogP contribution in [0.4, 0.5) is 0 Å². The first-order valence-electron chi connectivity index (χ1n) is 7.65. The Morgan fingerprint density at radius 1 is 1.21 bits per heavy atom. The number of nitrogens with one attached hydrogen (secondary N) is 1. The molecule has 0 saturated carbocycles. The van der Waals surface area contributed by atoms with E-state index in [2.05, 4.69) is 68.0 Å². The van der Waals surface area contributed by atoms with Gasteiger partial charge >= 0.3 is 0 Å². The highest BCUT2D eigenvalue weighted by molar-refractivity contribution is 5.06. The smallest absolute Gasteiger partial charge is 0.0359 e. The predicted molar refractivity (Wildman–Crippen MR) is 83.4 cm³/mol. The van der Waals surface area contributed by atoms with Crippen LogP contribution in [-0.2, 0) is 13.1 Å². The van der Waals surface area contributed by atoms with Crippen molar-refractivity contribution in [1.82, 2.24) is 14.8 Å². The van der Waals surface area contributed by atoms with Crippen molar-refractivity contribution in [3.8, 4) is 0 Å². The summed E-state index contributed by atoms with van der Waals surface area (Å²) in [5.41, 5.74) is 1.38. The molecule has 3 nitrogen and oxygen atoms in total. The van der Waals surface area contributed by atoms with Crippen molar-refractivity contribution in [1.29, 1.82) is 0 Å². The largest absolute Gasteiger partial charge is 0.351 e. The van der Waals surface area contributed by atoms with Crippen molar-refractivity contribution in [2.24, 2.45) is 5.92 Å². The van der Waals surface area contributed by atoms with Crippen LogP contribution in [0.3, 0.4) is 0 Å². The van der Waals surface area contributed by atoms with Crippen LogP contribution >= 0.6 is 0 Å². The summed E-state index contributed by atoms with van der Waals surface area (Å²) in [6.45, 7) is 9.86. The maximum absolute atomic E-state index is 3.63. The van der Waals surface area contributed by atoms with Crippen LogP contribution in [0.25, 0.3) is 0 Å². The SMILES string of the molecule is CCC(CC)C(CNCc1cccn1CC)N(C)C.